The lowest BCUT2D eigenvalue weighted by Gasteiger charge is -2.41. The molecule has 2 bridgehead atoms. The van der Waals surface area contributed by atoms with Gasteiger partial charge < -0.3 is 10.2 Å². The zero-order chi connectivity index (χ0) is 25.8. The summed E-state index contributed by atoms with van der Waals surface area (Å²) in [4.78, 5) is 17.8. The number of amides is 2. The number of hydrogen-bond acceptors (Lipinski definition) is 4. The van der Waals surface area contributed by atoms with Crippen LogP contribution < -0.4 is 5.32 Å². The SMILES string of the molecule is Cn1ncc2cc(-c3n[nH]c4c3CN(C(=O)NC3CC[C@H]5CC[C@@H]3N5Cc3ccccc3F)CC4)ccc21. The molecule has 2 N–H and O–H groups in total. The van der Waals surface area contributed by atoms with E-state index in [0.29, 0.717) is 25.7 Å². The number of fused-ring (bicyclic) bond motifs is 4. The van der Waals surface area contributed by atoms with E-state index in [1.165, 1.54) is 6.07 Å². The van der Waals surface area contributed by atoms with Crippen LogP contribution in [0.15, 0.2) is 48.7 Å². The maximum atomic E-state index is 14.4. The molecular weight excluding hydrogens is 481 g/mol. The highest BCUT2D eigenvalue weighted by Crippen LogP contribution is 2.37. The number of aryl methyl sites for hydroxylation is 1. The summed E-state index contributed by atoms with van der Waals surface area (Å²) in [5.41, 5.74) is 5.92. The molecule has 4 aromatic rings. The molecule has 1 unspecified atom stereocenters. The van der Waals surface area contributed by atoms with Gasteiger partial charge in [-0.05, 0) is 43.9 Å². The van der Waals surface area contributed by atoms with Gasteiger partial charge in [0, 0.05) is 72.5 Å². The topological polar surface area (TPSA) is 82.1 Å². The van der Waals surface area contributed by atoms with Crippen LogP contribution in [-0.4, -0.2) is 60.5 Å². The van der Waals surface area contributed by atoms with Crippen molar-refractivity contribution in [1.29, 1.82) is 0 Å². The maximum absolute atomic E-state index is 14.4. The fourth-order valence-electron chi connectivity index (χ4n) is 6.78. The Morgan fingerprint density at radius 1 is 1.16 bits per heavy atom. The van der Waals surface area contributed by atoms with Crippen LogP contribution in [0.25, 0.3) is 22.2 Å². The van der Waals surface area contributed by atoms with Crippen molar-refractivity contribution in [1.82, 2.24) is 35.1 Å². The van der Waals surface area contributed by atoms with Crippen molar-refractivity contribution in [3.05, 3.63) is 71.3 Å². The smallest absolute Gasteiger partial charge is 0.317 e. The number of piperidine rings is 1. The first-order valence-corrected chi connectivity index (χ1v) is 13.6. The molecule has 3 aliphatic rings. The predicted molar refractivity (Wildman–Crippen MR) is 143 cm³/mol. The third kappa shape index (κ3) is 3.96. The molecule has 0 radical (unpaired) electrons. The Bertz CT molecular complexity index is 1510. The van der Waals surface area contributed by atoms with Crippen molar-refractivity contribution >= 4 is 16.9 Å². The number of halogens is 1. The monoisotopic (exact) mass is 513 g/mol. The highest BCUT2D eigenvalue weighted by Gasteiger charge is 2.43. The normalized spacial score (nSPS) is 23.1. The van der Waals surface area contributed by atoms with Gasteiger partial charge in [-0.1, -0.05) is 24.3 Å². The van der Waals surface area contributed by atoms with Gasteiger partial charge in [0.2, 0.25) is 0 Å². The first kappa shape index (κ1) is 23.4. The second-order valence-electron chi connectivity index (χ2n) is 10.9. The molecule has 3 aliphatic heterocycles. The van der Waals surface area contributed by atoms with E-state index in [9.17, 15) is 9.18 Å². The largest absolute Gasteiger partial charge is 0.334 e. The first-order chi connectivity index (χ1) is 18.5. The van der Waals surface area contributed by atoms with Crippen molar-refractivity contribution in [2.24, 2.45) is 7.05 Å². The minimum absolute atomic E-state index is 0.0216. The molecule has 8 nitrogen and oxygen atoms in total. The average molecular weight is 514 g/mol. The van der Waals surface area contributed by atoms with Crippen LogP contribution in [0, 0.1) is 5.82 Å². The van der Waals surface area contributed by atoms with Gasteiger partial charge in [0.25, 0.3) is 0 Å². The van der Waals surface area contributed by atoms with Gasteiger partial charge in [0.1, 0.15) is 5.82 Å². The van der Waals surface area contributed by atoms with Crippen LogP contribution in [-0.2, 0) is 26.6 Å². The van der Waals surface area contributed by atoms with Gasteiger partial charge in [-0.25, -0.2) is 9.18 Å². The molecule has 38 heavy (non-hydrogen) atoms. The van der Waals surface area contributed by atoms with E-state index >= 15 is 0 Å². The summed E-state index contributed by atoms with van der Waals surface area (Å²) in [7, 11) is 1.94. The summed E-state index contributed by atoms with van der Waals surface area (Å²) >= 11 is 0. The maximum Gasteiger partial charge on any atom is 0.317 e. The van der Waals surface area contributed by atoms with Crippen molar-refractivity contribution in [2.75, 3.05) is 6.54 Å². The van der Waals surface area contributed by atoms with E-state index in [0.717, 1.165) is 71.1 Å². The third-order valence-corrected chi connectivity index (χ3v) is 8.83. The molecular formula is C29H32FN7O. The lowest BCUT2D eigenvalue weighted by molar-refractivity contribution is 0.0974. The van der Waals surface area contributed by atoms with Gasteiger partial charge in [-0.2, -0.15) is 10.2 Å². The van der Waals surface area contributed by atoms with Gasteiger partial charge in [0.05, 0.1) is 24.0 Å². The van der Waals surface area contributed by atoms with Crippen LogP contribution in [0.5, 0.6) is 0 Å². The summed E-state index contributed by atoms with van der Waals surface area (Å²) in [6, 6.07) is 14.1. The Labute approximate surface area is 220 Å². The quantitative estimate of drug-likeness (QED) is 0.425. The van der Waals surface area contributed by atoms with Crippen LogP contribution in [0.4, 0.5) is 9.18 Å². The molecule has 2 fully saturated rings. The molecule has 0 saturated carbocycles. The third-order valence-electron chi connectivity index (χ3n) is 8.83. The molecule has 9 heteroatoms. The van der Waals surface area contributed by atoms with E-state index < -0.39 is 0 Å². The fraction of sp³-hybridized carbons (Fsp3) is 0.414. The number of carbonyl (C=O) groups is 1. The lowest BCUT2D eigenvalue weighted by atomic mass is 9.96. The molecule has 2 amide bonds. The Morgan fingerprint density at radius 2 is 2.03 bits per heavy atom. The number of H-pyrrole nitrogens is 1. The van der Waals surface area contributed by atoms with E-state index in [1.54, 1.807) is 6.07 Å². The zero-order valence-corrected chi connectivity index (χ0v) is 21.5. The average Bonchev–Trinajstić information content (AvgIpc) is 3.60. The van der Waals surface area contributed by atoms with Crippen LogP contribution >= 0.6 is 0 Å². The minimum atomic E-state index is -0.152. The minimum Gasteiger partial charge on any atom is -0.334 e. The van der Waals surface area contributed by atoms with Gasteiger partial charge in [-0.15, -0.1) is 0 Å². The molecule has 0 spiro atoms. The molecule has 5 heterocycles. The Hall–Kier alpha value is -3.72. The van der Waals surface area contributed by atoms with E-state index in [1.807, 2.05) is 35.0 Å². The van der Waals surface area contributed by atoms with E-state index in [2.05, 4.69) is 43.7 Å². The number of urea groups is 1. The van der Waals surface area contributed by atoms with Crippen LogP contribution in [0.2, 0.25) is 0 Å². The van der Waals surface area contributed by atoms with Crippen molar-refractivity contribution < 1.29 is 9.18 Å². The van der Waals surface area contributed by atoms with E-state index in [4.69, 9.17) is 0 Å². The summed E-state index contributed by atoms with van der Waals surface area (Å²) < 4.78 is 16.2. The van der Waals surface area contributed by atoms with E-state index in [-0.39, 0.29) is 23.9 Å². The second-order valence-corrected chi connectivity index (χ2v) is 10.9. The predicted octanol–water partition coefficient (Wildman–Crippen LogP) is 4.37. The summed E-state index contributed by atoms with van der Waals surface area (Å²) in [6.45, 7) is 1.78. The lowest BCUT2D eigenvalue weighted by Crippen LogP contribution is -2.56. The summed E-state index contributed by atoms with van der Waals surface area (Å²) in [5.74, 6) is -0.152. The number of nitrogens with one attached hydrogen (secondary N) is 2. The van der Waals surface area contributed by atoms with Crippen LogP contribution in [0.1, 0.15) is 42.5 Å². The summed E-state index contributed by atoms with van der Waals surface area (Å²) in [6.07, 6.45) is 6.76. The molecule has 7 rings (SSSR count). The second kappa shape index (κ2) is 9.23. The molecule has 0 aliphatic carbocycles. The summed E-state index contributed by atoms with van der Waals surface area (Å²) in [5, 5.41) is 16.6. The number of rotatable bonds is 4. The number of nitrogens with zero attached hydrogens (tertiary/aromatic N) is 5. The fourth-order valence-corrected chi connectivity index (χ4v) is 6.78. The Morgan fingerprint density at radius 3 is 2.92 bits per heavy atom. The first-order valence-electron chi connectivity index (χ1n) is 13.6. The van der Waals surface area contributed by atoms with Crippen LogP contribution in [0.3, 0.4) is 0 Å². The number of aromatic nitrogens is 4. The van der Waals surface area contributed by atoms with Gasteiger partial charge in [0.15, 0.2) is 0 Å². The standard InChI is InChI=1S/C29H32FN7O/c1-35-26-10-6-18(14-20(26)15-31-35)28-22-17-36(13-12-24(22)33-34-28)29(38)32-25-9-7-21-8-11-27(25)37(21)16-19-4-2-3-5-23(19)30/h2-6,10,14-15,21,25,27H,7-9,11-13,16-17H2,1H3,(H,32,38)(H,33,34)/t21-,25?,27-/m0/s1. The number of hydrogen-bond donors (Lipinski definition) is 2. The van der Waals surface area contributed by atoms with Crippen molar-refractivity contribution in [3.63, 3.8) is 0 Å². The Balaban J connectivity index is 1.07. The van der Waals surface area contributed by atoms with Crippen molar-refractivity contribution in [2.45, 2.75) is 63.3 Å². The number of carbonyl (C=O) groups excluding carboxylic acids is 1. The van der Waals surface area contributed by atoms with Gasteiger partial charge >= 0.3 is 6.03 Å². The highest BCUT2D eigenvalue weighted by molar-refractivity contribution is 5.84. The van der Waals surface area contributed by atoms with Gasteiger partial charge in [-0.3, -0.25) is 14.7 Å². The van der Waals surface area contributed by atoms with Crippen molar-refractivity contribution in [3.8, 4) is 11.3 Å². The zero-order valence-electron chi connectivity index (χ0n) is 21.5. The molecule has 196 valence electrons. The molecule has 2 saturated heterocycles. The highest BCUT2D eigenvalue weighted by atomic mass is 19.1. The molecule has 3 atom stereocenters. The number of aromatic amines is 1. The number of benzene rings is 2. The molecule has 2 aromatic carbocycles. The molecule has 2 aromatic heterocycles. The Kier molecular flexibility index (Phi) is 5.69.